The van der Waals surface area contributed by atoms with Crippen molar-refractivity contribution in [1.29, 1.82) is 5.26 Å². The lowest BCUT2D eigenvalue weighted by Crippen LogP contribution is -2.16. The molecule has 92 valence electrons. The average Bonchev–Trinajstić information content (AvgIpc) is 2.35. The fraction of sp³-hybridized carbons (Fsp3) is 0.0714. The van der Waals surface area contributed by atoms with Crippen LogP contribution in [0.3, 0.4) is 0 Å². The van der Waals surface area contributed by atoms with Crippen molar-refractivity contribution in [3.8, 4) is 17.2 Å². The number of benzene rings is 2. The van der Waals surface area contributed by atoms with Gasteiger partial charge in [-0.1, -0.05) is 17.6 Å². The van der Waals surface area contributed by atoms with Gasteiger partial charge in [-0.15, -0.1) is 0 Å². The van der Waals surface area contributed by atoms with E-state index in [4.69, 9.17) is 13.1 Å². The molecule has 2 radical (unpaired) electrons. The minimum atomic E-state index is -1.17. The van der Waals surface area contributed by atoms with Gasteiger partial charge in [0.1, 0.15) is 36.9 Å². The molecule has 5 heteroatoms. The van der Waals surface area contributed by atoms with Crippen LogP contribution >= 0.6 is 0 Å². The molecule has 19 heavy (non-hydrogen) atoms. The quantitative estimate of drug-likeness (QED) is 0.720. The van der Waals surface area contributed by atoms with Crippen molar-refractivity contribution in [3.05, 3.63) is 52.8 Å². The van der Waals surface area contributed by atoms with E-state index < -0.39 is 28.5 Å². The molecule has 0 fully saturated rings. The SMILES string of the molecule is [B]c1c(-c2ccc(C)cc2F)cc(F)c(C#N)c1F. The number of aryl methyl sites for hydroxylation is 1. The second-order valence-corrected chi connectivity index (χ2v) is 4.10. The molecule has 0 saturated heterocycles. The van der Waals surface area contributed by atoms with Crippen LogP contribution in [0.2, 0.25) is 0 Å². The number of halogens is 3. The Kier molecular flexibility index (Phi) is 3.35. The van der Waals surface area contributed by atoms with E-state index in [1.165, 1.54) is 18.2 Å². The van der Waals surface area contributed by atoms with Crippen LogP contribution in [0.4, 0.5) is 13.2 Å². The Balaban J connectivity index is 2.74. The Bertz CT molecular complexity index is 705. The van der Waals surface area contributed by atoms with E-state index in [0.717, 1.165) is 6.07 Å². The number of hydrogen-bond donors (Lipinski definition) is 0. The maximum Gasteiger partial charge on any atom is 0.144 e. The molecule has 2 rings (SSSR count). The fourth-order valence-electron chi connectivity index (χ4n) is 1.80. The maximum absolute atomic E-state index is 13.8. The van der Waals surface area contributed by atoms with E-state index >= 15 is 0 Å². The van der Waals surface area contributed by atoms with Gasteiger partial charge in [0.15, 0.2) is 0 Å². The summed E-state index contributed by atoms with van der Waals surface area (Å²) in [6, 6.07) is 6.48. The lowest BCUT2D eigenvalue weighted by molar-refractivity contribution is 0.582. The standard InChI is InChI=1S/C14H7BF3N/c1-7-2-3-8(11(16)4-7)9-5-12(17)10(6-19)14(18)13(9)15/h2-5H,1H3. The summed E-state index contributed by atoms with van der Waals surface area (Å²) in [4.78, 5) is 0. The first-order valence-corrected chi connectivity index (χ1v) is 5.39. The van der Waals surface area contributed by atoms with Crippen molar-refractivity contribution in [1.82, 2.24) is 0 Å². The van der Waals surface area contributed by atoms with Crippen molar-refractivity contribution in [3.63, 3.8) is 0 Å². The highest BCUT2D eigenvalue weighted by molar-refractivity contribution is 6.36. The van der Waals surface area contributed by atoms with Crippen LogP contribution in [0.1, 0.15) is 11.1 Å². The molecule has 0 unspecified atom stereocenters. The van der Waals surface area contributed by atoms with Crippen LogP contribution in [0.15, 0.2) is 24.3 Å². The first-order valence-electron chi connectivity index (χ1n) is 5.39. The molecule has 0 N–H and O–H groups in total. The van der Waals surface area contributed by atoms with Crippen molar-refractivity contribution in [2.45, 2.75) is 6.92 Å². The van der Waals surface area contributed by atoms with Crippen LogP contribution < -0.4 is 5.46 Å². The minimum absolute atomic E-state index is 0.00890. The minimum Gasteiger partial charge on any atom is -0.206 e. The highest BCUT2D eigenvalue weighted by Crippen LogP contribution is 2.25. The third-order valence-electron chi connectivity index (χ3n) is 2.78. The molecule has 2 aromatic carbocycles. The van der Waals surface area contributed by atoms with Gasteiger partial charge < -0.3 is 0 Å². The Labute approximate surface area is 109 Å². The van der Waals surface area contributed by atoms with Crippen LogP contribution in [-0.2, 0) is 0 Å². The van der Waals surface area contributed by atoms with E-state index in [0.29, 0.717) is 5.56 Å². The van der Waals surface area contributed by atoms with Crippen molar-refractivity contribution in [2.75, 3.05) is 0 Å². The van der Waals surface area contributed by atoms with Gasteiger partial charge in [0, 0.05) is 5.56 Å². The highest BCUT2D eigenvalue weighted by Gasteiger charge is 2.17. The normalized spacial score (nSPS) is 10.3. The summed E-state index contributed by atoms with van der Waals surface area (Å²) in [5, 5.41) is 8.62. The molecule has 0 aliphatic carbocycles. The lowest BCUT2D eigenvalue weighted by atomic mass is 9.84. The van der Waals surface area contributed by atoms with Crippen molar-refractivity contribution in [2.24, 2.45) is 0 Å². The molecule has 0 aliphatic rings. The van der Waals surface area contributed by atoms with E-state index in [-0.39, 0.29) is 11.1 Å². The van der Waals surface area contributed by atoms with Crippen LogP contribution in [0.5, 0.6) is 0 Å². The Morgan fingerprint density at radius 1 is 1.05 bits per heavy atom. The van der Waals surface area contributed by atoms with Gasteiger partial charge in [0.25, 0.3) is 0 Å². The molecule has 0 atom stereocenters. The molecule has 2 aromatic rings. The van der Waals surface area contributed by atoms with Crippen molar-refractivity contribution < 1.29 is 13.2 Å². The van der Waals surface area contributed by atoms with Crippen LogP contribution in [0.25, 0.3) is 11.1 Å². The molecule has 0 aliphatic heterocycles. The summed E-state index contributed by atoms with van der Waals surface area (Å²) in [5.74, 6) is -2.86. The largest absolute Gasteiger partial charge is 0.206 e. The zero-order valence-corrected chi connectivity index (χ0v) is 9.97. The monoisotopic (exact) mass is 257 g/mol. The number of rotatable bonds is 1. The topological polar surface area (TPSA) is 23.8 Å². The van der Waals surface area contributed by atoms with Gasteiger partial charge in [0.2, 0.25) is 0 Å². The van der Waals surface area contributed by atoms with E-state index in [1.54, 1.807) is 13.0 Å². The Morgan fingerprint density at radius 2 is 1.74 bits per heavy atom. The summed E-state index contributed by atoms with van der Waals surface area (Å²) in [5.41, 5.74) is -0.652. The van der Waals surface area contributed by atoms with Gasteiger partial charge >= 0.3 is 0 Å². The van der Waals surface area contributed by atoms with Gasteiger partial charge in [-0.2, -0.15) is 5.26 Å². The molecule has 0 aromatic heterocycles. The smallest absolute Gasteiger partial charge is 0.144 e. The van der Waals surface area contributed by atoms with E-state index in [9.17, 15) is 13.2 Å². The number of nitrogens with zero attached hydrogens (tertiary/aromatic N) is 1. The Hall–Kier alpha value is -2.22. The maximum atomic E-state index is 13.8. The second kappa shape index (κ2) is 4.81. The lowest BCUT2D eigenvalue weighted by Gasteiger charge is -2.11. The molecule has 0 amide bonds. The van der Waals surface area contributed by atoms with Gasteiger partial charge in [-0.3, -0.25) is 0 Å². The number of hydrogen-bond acceptors (Lipinski definition) is 1. The summed E-state index contributed by atoms with van der Waals surface area (Å²) >= 11 is 0. The first kappa shape index (κ1) is 13.2. The van der Waals surface area contributed by atoms with Gasteiger partial charge in [0.05, 0.1) is 0 Å². The fourth-order valence-corrected chi connectivity index (χ4v) is 1.80. The molecule has 0 spiro atoms. The summed E-state index contributed by atoms with van der Waals surface area (Å²) in [7, 11) is 5.51. The molecule has 1 nitrogen and oxygen atoms in total. The number of nitriles is 1. The van der Waals surface area contributed by atoms with Gasteiger partial charge in [-0.25, -0.2) is 13.2 Å². The van der Waals surface area contributed by atoms with E-state index in [1.807, 2.05) is 0 Å². The molecular formula is C14H7BF3N. The van der Waals surface area contributed by atoms with Crippen LogP contribution in [-0.4, -0.2) is 7.85 Å². The summed E-state index contributed by atoms with van der Waals surface area (Å²) in [6.07, 6.45) is 0. The third kappa shape index (κ3) is 2.22. The zero-order valence-electron chi connectivity index (χ0n) is 9.97. The third-order valence-corrected chi connectivity index (χ3v) is 2.78. The van der Waals surface area contributed by atoms with Gasteiger partial charge in [-0.05, 0) is 30.2 Å². The molecular weight excluding hydrogens is 250 g/mol. The predicted molar refractivity (Wildman–Crippen MR) is 66.6 cm³/mol. The zero-order chi connectivity index (χ0) is 14.2. The van der Waals surface area contributed by atoms with Crippen molar-refractivity contribution >= 4 is 13.3 Å². The first-order chi connectivity index (χ1) is 8.95. The second-order valence-electron chi connectivity index (χ2n) is 4.10. The van der Waals surface area contributed by atoms with Crippen LogP contribution in [0, 0.1) is 35.7 Å². The average molecular weight is 257 g/mol. The Morgan fingerprint density at radius 3 is 2.32 bits per heavy atom. The summed E-state index contributed by atoms with van der Waals surface area (Å²) < 4.78 is 41.1. The van der Waals surface area contributed by atoms with E-state index in [2.05, 4.69) is 0 Å². The highest BCUT2D eigenvalue weighted by atomic mass is 19.1. The molecule has 0 heterocycles. The molecule has 0 saturated carbocycles. The predicted octanol–water partition coefficient (Wildman–Crippen LogP) is 2.74. The summed E-state index contributed by atoms with van der Waals surface area (Å²) in [6.45, 7) is 1.69. The molecule has 0 bridgehead atoms.